The Bertz CT molecular complexity index is 383. The maximum atomic E-state index is 12.1. The highest BCUT2D eigenvalue weighted by Gasteiger charge is 2.31. The van der Waals surface area contributed by atoms with E-state index in [1.54, 1.807) is 11.9 Å². The van der Waals surface area contributed by atoms with E-state index < -0.39 is 0 Å². The summed E-state index contributed by atoms with van der Waals surface area (Å²) in [5.41, 5.74) is 5.99. The summed E-state index contributed by atoms with van der Waals surface area (Å²) in [6.07, 6.45) is 7.28. The number of aromatic amines is 1. The Labute approximate surface area is 107 Å². The number of amides is 1. The van der Waals surface area contributed by atoms with Gasteiger partial charge in [0.25, 0.3) is 0 Å². The summed E-state index contributed by atoms with van der Waals surface area (Å²) in [6.45, 7) is 0.453. The molecule has 100 valence electrons. The minimum atomic E-state index is -0.301. The van der Waals surface area contributed by atoms with E-state index in [0.717, 1.165) is 25.7 Å². The van der Waals surface area contributed by atoms with Gasteiger partial charge in [0.15, 0.2) is 0 Å². The zero-order valence-corrected chi connectivity index (χ0v) is 10.9. The Morgan fingerprint density at radius 3 is 2.83 bits per heavy atom. The fraction of sp³-hybridized carbons (Fsp3) is 0.750. The number of hydrogen-bond donors (Lipinski definition) is 2. The van der Waals surface area contributed by atoms with Gasteiger partial charge < -0.3 is 10.6 Å². The molecule has 0 bridgehead atoms. The molecule has 0 atom stereocenters. The lowest BCUT2D eigenvalue weighted by atomic mass is 9.80. The molecule has 3 N–H and O–H groups in total. The van der Waals surface area contributed by atoms with E-state index in [9.17, 15) is 4.79 Å². The van der Waals surface area contributed by atoms with Crippen molar-refractivity contribution in [2.45, 2.75) is 50.6 Å². The molecule has 1 amide bonds. The second-order valence-electron chi connectivity index (χ2n) is 5.28. The van der Waals surface area contributed by atoms with Crippen LogP contribution >= 0.6 is 0 Å². The first kappa shape index (κ1) is 13.0. The van der Waals surface area contributed by atoms with Gasteiger partial charge in [0.2, 0.25) is 5.91 Å². The number of nitrogens with two attached hydrogens (primary N) is 1. The summed E-state index contributed by atoms with van der Waals surface area (Å²) in [4.78, 5) is 17.8. The van der Waals surface area contributed by atoms with Gasteiger partial charge in [-0.25, -0.2) is 4.98 Å². The van der Waals surface area contributed by atoms with E-state index in [4.69, 9.17) is 5.73 Å². The summed E-state index contributed by atoms with van der Waals surface area (Å²) >= 11 is 0. The van der Waals surface area contributed by atoms with E-state index in [2.05, 4.69) is 15.2 Å². The van der Waals surface area contributed by atoms with Crippen LogP contribution in [0, 0.1) is 0 Å². The minimum absolute atomic E-state index is 0.0794. The van der Waals surface area contributed by atoms with Crippen LogP contribution in [0.1, 0.15) is 44.3 Å². The second-order valence-corrected chi connectivity index (χ2v) is 5.28. The van der Waals surface area contributed by atoms with Crippen molar-refractivity contribution >= 4 is 5.91 Å². The van der Waals surface area contributed by atoms with Crippen molar-refractivity contribution in [2.75, 3.05) is 7.05 Å². The summed E-state index contributed by atoms with van der Waals surface area (Å²) in [5.74, 6) is 0.774. The molecule has 0 unspecified atom stereocenters. The number of nitrogens with zero attached hydrogens (tertiary/aromatic N) is 3. The Morgan fingerprint density at radius 2 is 2.22 bits per heavy atom. The molecule has 1 heterocycles. The van der Waals surface area contributed by atoms with E-state index in [1.165, 1.54) is 12.7 Å². The van der Waals surface area contributed by atoms with Crippen LogP contribution in [-0.2, 0) is 11.3 Å². The van der Waals surface area contributed by atoms with Gasteiger partial charge in [-0.3, -0.25) is 9.89 Å². The highest BCUT2D eigenvalue weighted by molar-refractivity contribution is 5.77. The summed E-state index contributed by atoms with van der Waals surface area (Å²) in [5, 5.41) is 6.51. The van der Waals surface area contributed by atoms with Crippen LogP contribution < -0.4 is 5.73 Å². The van der Waals surface area contributed by atoms with Crippen LogP contribution in [-0.4, -0.2) is 38.6 Å². The molecule has 1 aromatic rings. The molecule has 1 fully saturated rings. The first-order chi connectivity index (χ1) is 8.59. The molecule has 0 radical (unpaired) electrons. The van der Waals surface area contributed by atoms with Gasteiger partial charge in [0, 0.05) is 19.0 Å². The van der Waals surface area contributed by atoms with E-state index >= 15 is 0 Å². The topological polar surface area (TPSA) is 87.9 Å². The Kier molecular flexibility index (Phi) is 3.96. The SMILES string of the molecule is CN(Cc1ncn[nH]1)C(=O)CC1(N)CCCCC1. The Hall–Kier alpha value is -1.43. The Balaban J connectivity index is 1.86. The van der Waals surface area contributed by atoms with Crippen molar-refractivity contribution in [3.8, 4) is 0 Å². The van der Waals surface area contributed by atoms with Gasteiger partial charge in [-0.2, -0.15) is 5.10 Å². The number of hydrogen-bond acceptors (Lipinski definition) is 4. The van der Waals surface area contributed by atoms with Gasteiger partial charge in [-0.1, -0.05) is 19.3 Å². The predicted molar refractivity (Wildman–Crippen MR) is 67.5 cm³/mol. The zero-order chi connectivity index (χ0) is 13.0. The highest BCUT2D eigenvalue weighted by atomic mass is 16.2. The first-order valence-corrected chi connectivity index (χ1v) is 6.46. The monoisotopic (exact) mass is 251 g/mol. The molecule has 18 heavy (non-hydrogen) atoms. The number of carbonyl (C=O) groups excluding carboxylic acids is 1. The lowest BCUT2D eigenvalue weighted by Gasteiger charge is -2.34. The van der Waals surface area contributed by atoms with Gasteiger partial charge in [-0.15, -0.1) is 0 Å². The van der Waals surface area contributed by atoms with Gasteiger partial charge in [0.1, 0.15) is 12.2 Å². The molecule has 1 aromatic heterocycles. The van der Waals surface area contributed by atoms with E-state index in [-0.39, 0.29) is 11.4 Å². The van der Waals surface area contributed by atoms with Crippen LogP contribution in [0.15, 0.2) is 6.33 Å². The smallest absolute Gasteiger partial charge is 0.224 e. The average molecular weight is 251 g/mol. The van der Waals surface area contributed by atoms with Crippen LogP contribution in [0.2, 0.25) is 0 Å². The molecule has 6 nitrogen and oxygen atoms in total. The summed E-state index contributed by atoms with van der Waals surface area (Å²) in [6, 6.07) is 0. The van der Waals surface area contributed by atoms with Crippen molar-refractivity contribution < 1.29 is 4.79 Å². The third kappa shape index (κ3) is 3.29. The molecule has 0 aliphatic heterocycles. The molecule has 1 saturated carbocycles. The predicted octanol–water partition coefficient (Wildman–Crippen LogP) is 0.815. The van der Waals surface area contributed by atoms with Gasteiger partial charge in [-0.05, 0) is 12.8 Å². The van der Waals surface area contributed by atoms with Crippen LogP contribution in [0.25, 0.3) is 0 Å². The fourth-order valence-corrected chi connectivity index (χ4v) is 2.49. The number of rotatable bonds is 4. The third-order valence-electron chi connectivity index (χ3n) is 3.63. The number of H-pyrrole nitrogens is 1. The summed E-state index contributed by atoms with van der Waals surface area (Å²) in [7, 11) is 1.77. The van der Waals surface area contributed by atoms with Gasteiger partial charge >= 0.3 is 0 Å². The standard InChI is InChI=1S/C12H21N5O/c1-17(8-10-14-9-15-16-10)11(18)7-12(13)5-3-2-4-6-12/h9H,2-8,13H2,1H3,(H,14,15,16). The van der Waals surface area contributed by atoms with Crippen molar-refractivity contribution in [1.82, 2.24) is 20.1 Å². The number of nitrogens with one attached hydrogen (secondary N) is 1. The van der Waals surface area contributed by atoms with Crippen molar-refractivity contribution in [3.05, 3.63) is 12.2 Å². The van der Waals surface area contributed by atoms with Crippen LogP contribution in [0.4, 0.5) is 0 Å². The Morgan fingerprint density at radius 1 is 1.50 bits per heavy atom. The molecule has 2 rings (SSSR count). The first-order valence-electron chi connectivity index (χ1n) is 6.46. The third-order valence-corrected chi connectivity index (χ3v) is 3.63. The largest absolute Gasteiger partial charge is 0.338 e. The molecule has 1 aliphatic carbocycles. The maximum Gasteiger partial charge on any atom is 0.224 e. The molecular weight excluding hydrogens is 230 g/mol. The molecule has 6 heteroatoms. The number of carbonyl (C=O) groups is 1. The quantitative estimate of drug-likeness (QED) is 0.829. The van der Waals surface area contributed by atoms with Crippen molar-refractivity contribution in [1.29, 1.82) is 0 Å². The van der Waals surface area contributed by atoms with E-state index in [0.29, 0.717) is 18.8 Å². The fourth-order valence-electron chi connectivity index (χ4n) is 2.49. The van der Waals surface area contributed by atoms with Crippen LogP contribution in [0.3, 0.4) is 0 Å². The van der Waals surface area contributed by atoms with Crippen LogP contribution in [0.5, 0.6) is 0 Å². The second kappa shape index (κ2) is 5.48. The van der Waals surface area contributed by atoms with Crippen molar-refractivity contribution in [2.24, 2.45) is 5.73 Å². The lowest BCUT2D eigenvalue weighted by Crippen LogP contribution is -2.46. The van der Waals surface area contributed by atoms with E-state index in [1.807, 2.05) is 0 Å². The molecule has 0 saturated heterocycles. The molecule has 0 spiro atoms. The molecule has 1 aliphatic rings. The normalized spacial score (nSPS) is 18.6. The zero-order valence-electron chi connectivity index (χ0n) is 10.9. The highest BCUT2D eigenvalue weighted by Crippen LogP contribution is 2.29. The number of aromatic nitrogens is 3. The molecular formula is C12H21N5O. The average Bonchev–Trinajstić information content (AvgIpc) is 2.82. The maximum absolute atomic E-state index is 12.1. The molecule has 0 aromatic carbocycles. The summed E-state index contributed by atoms with van der Waals surface area (Å²) < 4.78 is 0. The minimum Gasteiger partial charge on any atom is -0.338 e. The van der Waals surface area contributed by atoms with Gasteiger partial charge in [0.05, 0.1) is 6.54 Å². The van der Waals surface area contributed by atoms with Crippen molar-refractivity contribution in [3.63, 3.8) is 0 Å². The lowest BCUT2D eigenvalue weighted by molar-refractivity contribution is -0.132.